The molecule has 8 heteroatoms. The molecule has 0 aromatic carbocycles. The summed E-state index contributed by atoms with van der Waals surface area (Å²) >= 11 is 0. The average Bonchev–Trinajstić information content (AvgIpc) is 3.10. The Morgan fingerprint density at radius 2 is 1.77 bits per heavy atom. The molecule has 1 aromatic rings. The third-order valence-corrected chi connectivity index (χ3v) is 5.79. The molecule has 1 aliphatic heterocycles. The fourth-order valence-corrected chi connectivity index (χ4v) is 4.09. The molecule has 0 radical (unpaired) electrons. The van der Waals surface area contributed by atoms with Gasteiger partial charge in [0.15, 0.2) is 0 Å². The molecular weight excluding hydrogens is 347 g/mol. The number of aliphatic hydroxyl groups is 1. The second-order valence-corrected chi connectivity index (χ2v) is 7.63. The summed E-state index contributed by atoms with van der Waals surface area (Å²) in [6.45, 7) is 0.955. The third kappa shape index (κ3) is 3.61. The molecule has 5 nitrogen and oxygen atoms in total. The average molecular weight is 373 g/mol. The molecule has 26 heavy (non-hydrogen) atoms. The Hall–Kier alpha value is -1.57. The number of hydrogen-bond donors (Lipinski definition) is 1. The van der Waals surface area contributed by atoms with Gasteiger partial charge in [-0.1, -0.05) is 19.3 Å². The van der Waals surface area contributed by atoms with Crippen LogP contribution in [0.2, 0.25) is 0 Å². The van der Waals surface area contributed by atoms with Gasteiger partial charge in [0.1, 0.15) is 0 Å². The van der Waals surface area contributed by atoms with E-state index >= 15 is 0 Å². The molecule has 0 spiro atoms. The summed E-state index contributed by atoms with van der Waals surface area (Å²) in [5.74, 6) is -1.08. The van der Waals surface area contributed by atoms with Crippen molar-refractivity contribution in [3.63, 3.8) is 0 Å². The van der Waals surface area contributed by atoms with Crippen molar-refractivity contribution in [2.24, 2.45) is 0 Å². The van der Waals surface area contributed by atoms with Gasteiger partial charge in [-0.15, -0.1) is 0 Å². The molecule has 0 bridgehead atoms. The van der Waals surface area contributed by atoms with Crippen LogP contribution in [0.4, 0.5) is 13.2 Å². The van der Waals surface area contributed by atoms with Crippen molar-refractivity contribution in [2.45, 2.75) is 75.6 Å². The number of nitrogens with zero attached hydrogens (tertiary/aromatic N) is 3. The zero-order valence-corrected chi connectivity index (χ0v) is 15.0. The number of halogens is 3. The predicted octanol–water partition coefficient (Wildman–Crippen LogP) is 3.41. The molecule has 3 rings (SSSR count). The van der Waals surface area contributed by atoms with E-state index in [1.54, 1.807) is 6.20 Å². The van der Waals surface area contributed by atoms with E-state index < -0.39 is 17.7 Å². The third-order valence-electron chi connectivity index (χ3n) is 5.79. The second-order valence-electron chi connectivity index (χ2n) is 7.63. The van der Waals surface area contributed by atoms with Crippen LogP contribution in [-0.2, 0) is 4.79 Å². The summed E-state index contributed by atoms with van der Waals surface area (Å²) in [6, 6.07) is 2.39. The van der Waals surface area contributed by atoms with E-state index in [0.717, 1.165) is 23.4 Å². The summed E-state index contributed by atoms with van der Waals surface area (Å²) < 4.78 is 40.8. The van der Waals surface area contributed by atoms with E-state index in [9.17, 15) is 23.1 Å². The summed E-state index contributed by atoms with van der Waals surface area (Å²) in [6.07, 6.45) is 3.85. The van der Waals surface area contributed by atoms with Gasteiger partial charge in [0.2, 0.25) is 5.60 Å². The Bertz CT molecular complexity index is 628. The lowest BCUT2D eigenvalue weighted by atomic mass is 9.90. The molecule has 1 aliphatic carbocycles. The van der Waals surface area contributed by atoms with Crippen molar-refractivity contribution in [2.75, 3.05) is 13.1 Å². The summed E-state index contributed by atoms with van der Waals surface area (Å²) in [5, 5.41) is 14.1. The van der Waals surface area contributed by atoms with E-state index in [0.29, 0.717) is 25.8 Å². The number of alkyl halides is 3. The molecule has 1 aromatic heterocycles. The second kappa shape index (κ2) is 7.21. The maximum Gasteiger partial charge on any atom is 0.426 e. The Kier molecular flexibility index (Phi) is 5.33. The van der Waals surface area contributed by atoms with Crippen molar-refractivity contribution in [1.82, 2.24) is 14.7 Å². The highest BCUT2D eigenvalue weighted by Gasteiger charge is 2.57. The highest BCUT2D eigenvalue weighted by molar-refractivity contribution is 5.85. The van der Waals surface area contributed by atoms with Crippen LogP contribution in [0.5, 0.6) is 0 Å². The minimum absolute atomic E-state index is 0.180. The number of carbonyl (C=O) groups is 1. The zero-order chi connectivity index (χ0) is 18.9. The molecule has 1 N–H and O–H groups in total. The van der Waals surface area contributed by atoms with Gasteiger partial charge in [-0.3, -0.25) is 9.48 Å². The Morgan fingerprint density at radius 1 is 1.15 bits per heavy atom. The highest BCUT2D eigenvalue weighted by Crippen LogP contribution is 2.36. The standard InChI is InChI=1S/C18H26F3N3O2/c1-17(26,18(19,20)21)16(25)23-11-8-13(9-12-23)15-7-10-22-24(15)14-5-3-2-4-6-14/h7,10,13-14,26H,2-6,8-9,11-12H2,1H3. The molecular formula is C18H26F3N3O2. The number of likely N-dealkylation sites (tertiary alicyclic amines) is 1. The van der Waals surface area contributed by atoms with Crippen LogP contribution in [0.3, 0.4) is 0 Å². The van der Waals surface area contributed by atoms with Gasteiger partial charge >= 0.3 is 6.18 Å². The topological polar surface area (TPSA) is 58.4 Å². The number of amides is 1. The highest BCUT2D eigenvalue weighted by atomic mass is 19.4. The van der Waals surface area contributed by atoms with Crippen molar-refractivity contribution in [1.29, 1.82) is 0 Å². The SMILES string of the molecule is CC(O)(C(=O)N1CCC(c2ccnn2C2CCCCC2)CC1)C(F)(F)F. The normalized spacial score (nSPS) is 23.0. The molecule has 2 aliphatic rings. The molecule has 1 unspecified atom stereocenters. The predicted molar refractivity (Wildman–Crippen MR) is 89.6 cm³/mol. The fourth-order valence-electron chi connectivity index (χ4n) is 4.09. The van der Waals surface area contributed by atoms with Crippen LogP contribution in [0.25, 0.3) is 0 Å². The quantitative estimate of drug-likeness (QED) is 0.883. The van der Waals surface area contributed by atoms with Gasteiger partial charge in [-0.2, -0.15) is 18.3 Å². The van der Waals surface area contributed by atoms with Crippen molar-refractivity contribution >= 4 is 5.91 Å². The molecule has 2 fully saturated rings. The number of aromatic nitrogens is 2. The summed E-state index contributed by atoms with van der Waals surface area (Å²) in [7, 11) is 0. The first-order valence-corrected chi connectivity index (χ1v) is 9.33. The number of rotatable bonds is 3. The summed E-state index contributed by atoms with van der Waals surface area (Å²) in [5.41, 5.74) is -2.21. The first-order chi connectivity index (χ1) is 12.2. The molecule has 146 valence electrons. The number of carbonyl (C=O) groups excluding carboxylic acids is 1. The molecule has 1 atom stereocenters. The van der Waals surface area contributed by atoms with Crippen molar-refractivity contribution in [3.05, 3.63) is 18.0 Å². The van der Waals surface area contributed by atoms with Gasteiger partial charge in [0.05, 0.1) is 6.04 Å². The maximum absolute atomic E-state index is 12.9. The minimum atomic E-state index is -4.97. The van der Waals surface area contributed by atoms with Crippen molar-refractivity contribution in [3.8, 4) is 0 Å². The number of piperidine rings is 1. The van der Waals surface area contributed by atoms with Crippen LogP contribution in [0, 0.1) is 0 Å². The molecule has 1 saturated heterocycles. The molecule has 1 amide bonds. The molecule has 1 saturated carbocycles. The lowest BCUT2D eigenvalue weighted by Crippen LogP contribution is -2.57. The lowest BCUT2D eigenvalue weighted by Gasteiger charge is -2.37. The number of hydrogen-bond acceptors (Lipinski definition) is 3. The summed E-state index contributed by atoms with van der Waals surface area (Å²) in [4.78, 5) is 13.2. The minimum Gasteiger partial charge on any atom is -0.373 e. The van der Waals surface area contributed by atoms with E-state index in [1.165, 1.54) is 19.3 Å². The van der Waals surface area contributed by atoms with Crippen LogP contribution >= 0.6 is 0 Å². The Morgan fingerprint density at radius 3 is 2.35 bits per heavy atom. The lowest BCUT2D eigenvalue weighted by molar-refractivity contribution is -0.250. The van der Waals surface area contributed by atoms with E-state index in [4.69, 9.17) is 0 Å². The van der Waals surface area contributed by atoms with Crippen LogP contribution in [-0.4, -0.2) is 50.6 Å². The first kappa shape index (κ1) is 19.2. The van der Waals surface area contributed by atoms with Gasteiger partial charge in [-0.25, -0.2) is 0 Å². The van der Waals surface area contributed by atoms with Crippen LogP contribution in [0.1, 0.15) is 69.5 Å². The van der Waals surface area contributed by atoms with Gasteiger partial charge in [0, 0.05) is 30.9 Å². The maximum atomic E-state index is 12.9. The van der Waals surface area contributed by atoms with E-state index in [1.807, 2.05) is 6.07 Å². The van der Waals surface area contributed by atoms with Gasteiger partial charge in [0.25, 0.3) is 5.91 Å². The zero-order valence-electron chi connectivity index (χ0n) is 15.0. The fraction of sp³-hybridized carbons (Fsp3) is 0.778. The van der Waals surface area contributed by atoms with Gasteiger partial charge < -0.3 is 10.0 Å². The van der Waals surface area contributed by atoms with Crippen LogP contribution in [0.15, 0.2) is 12.3 Å². The van der Waals surface area contributed by atoms with E-state index in [2.05, 4.69) is 9.78 Å². The van der Waals surface area contributed by atoms with Crippen LogP contribution < -0.4 is 0 Å². The molecule has 2 heterocycles. The van der Waals surface area contributed by atoms with E-state index in [-0.39, 0.29) is 19.0 Å². The monoisotopic (exact) mass is 373 g/mol. The Balaban J connectivity index is 1.64. The Labute approximate surface area is 151 Å². The van der Waals surface area contributed by atoms with Crippen molar-refractivity contribution < 1.29 is 23.1 Å². The van der Waals surface area contributed by atoms with Gasteiger partial charge in [-0.05, 0) is 38.7 Å². The smallest absolute Gasteiger partial charge is 0.373 e. The largest absolute Gasteiger partial charge is 0.426 e. The first-order valence-electron chi connectivity index (χ1n) is 9.33.